The first kappa shape index (κ1) is 20.0. The van der Waals surface area contributed by atoms with Crippen LogP contribution in [-0.2, 0) is 10.1 Å². The topological polar surface area (TPSA) is 112 Å². The predicted molar refractivity (Wildman–Crippen MR) is 102 cm³/mol. The van der Waals surface area contributed by atoms with Crippen LogP contribution in [0.1, 0.15) is 0 Å². The first-order chi connectivity index (χ1) is 13.2. The van der Waals surface area contributed by atoms with Crippen LogP contribution in [0.25, 0.3) is 22.3 Å². The minimum Gasteiger partial charge on any atom is -0.492 e. The van der Waals surface area contributed by atoms with Crippen LogP contribution in [0.5, 0.6) is 17.2 Å². The van der Waals surface area contributed by atoms with Gasteiger partial charge in [-0.15, -0.1) is 0 Å². The normalized spacial score (nSPS) is 11.5. The lowest BCUT2D eigenvalue weighted by Gasteiger charge is -2.18. The number of hydrogen-bond donors (Lipinski definition) is 1. The Kier molecular flexibility index (Phi) is 5.24. The molecule has 0 spiro atoms. The van der Waals surface area contributed by atoms with Gasteiger partial charge in [0.15, 0.2) is 16.9 Å². The van der Waals surface area contributed by atoms with Crippen molar-refractivity contribution in [2.45, 2.75) is 4.90 Å². The summed E-state index contributed by atoms with van der Waals surface area (Å²) in [6, 6.07) is 6.76. The van der Waals surface area contributed by atoms with Gasteiger partial charge in [-0.3, -0.25) is 9.35 Å². The Morgan fingerprint density at radius 2 is 1.61 bits per heavy atom. The molecule has 0 fully saturated rings. The smallest absolute Gasteiger partial charge is 0.298 e. The fourth-order valence-electron chi connectivity index (χ4n) is 2.82. The Hall–Kier alpha value is -2.75. The van der Waals surface area contributed by atoms with E-state index in [1.54, 1.807) is 6.07 Å². The minimum absolute atomic E-state index is 0.00234. The predicted octanol–water partition coefficient (Wildman–Crippen LogP) is 3.39. The molecule has 28 heavy (non-hydrogen) atoms. The van der Waals surface area contributed by atoms with E-state index in [0.29, 0.717) is 5.02 Å². The number of ether oxygens (including phenoxy) is 3. The quantitative estimate of drug-likeness (QED) is 0.618. The fraction of sp³-hybridized carbons (Fsp3) is 0.167. The molecule has 0 aliphatic carbocycles. The molecule has 8 nitrogen and oxygen atoms in total. The van der Waals surface area contributed by atoms with Crippen LogP contribution in [0.2, 0.25) is 5.02 Å². The van der Waals surface area contributed by atoms with Gasteiger partial charge in [-0.25, -0.2) is 0 Å². The average molecular weight is 427 g/mol. The van der Waals surface area contributed by atoms with Gasteiger partial charge in [0.05, 0.1) is 32.3 Å². The van der Waals surface area contributed by atoms with Crippen molar-refractivity contribution in [3.05, 3.63) is 45.6 Å². The van der Waals surface area contributed by atoms with E-state index in [4.69, 9.17) is 30.2 Å². The van der Waals surface area contributed by atoms with Crippen LogP contribution in [-0.4, -0.2) is 34.3 Å². The van der Waals surface area contributed by atoms with E-state index < -0.39 is 20.4 Å². The maximum atomic E-state index is 12.5. The Labute approximate surface area is 165 Å². The molecule has 0 saturated carbocycles. The summed E-state index contributed by atoms with van der Waals surface area (Å²) in [5.41, 5.74) is -0.0946. The van der Waals surface area contributed by atoms with Gasteiger partial charge in [-0.2, -0.15) is 8.42 Å². The molecule has 0 aliphatic rings. The molecule has 3 rings (SSSR count). The third-order valence-corrected chi connectivity index (χ3v) is 5.10. The van der Waals surface area contributed by atoms with E-state index in [1.165, 1.54) is 33.5 Å². The Morgan fingerprint density at radius 1 is 0.964 bits per heavy atom. The number of benzene rings is 2. The summed E-state index contributed by atoms with van der Waals surface area (Å²) in [4.78, 5) is 11.9. The first-order valence-electron chi connectivity index (χ1n) is 7.75. The molecule has 0 unspecified atom stereocenters. The monoisotopic (exact) mass is 426 g/mol. The summed E-state index contributed by atoms with van der Waals surface area (Å²) in [7, 11) is -0.875. The molecule has 0 bridgehead atoms. The first-order valence-corrected chi connectivity index (χ1v) is 9.57. The summed E-state index contributed by atoms with van der Waals surface area (Å²) in [6.07, 6.45) is 0. The van der Waals surface area contributed by atoms with Gasteiger partial charge < -0.3 is 18.6 Å². The van der Waals surface area contributed by atoms with Crippen molar-refractivity contribution >= 4 is 32.7 Å². The molecular weight excluding hydrogens is 412 g/mol. The molecular formula is C18H15ClO8S. The fourth-order valence-corrected chi connectivity index (χ4v) is 3.67. The summed E-state index contributed by atoms with van der Waals surface area (Å²) >= 11 is 5.91. The third-order valence-electron chi connectivity index (χ3n) is 4.00. The highest BCUT2D eigenvalue weighted by Gasteiger charge is 2.28. The number of rotatable bonds is 5. The van der Waals surface area contributed by atoms with Gasteiger partial charge >= 0.3 is 0 Å². The summed E-state index contributed by atoms with van der Waals surface area (Å²) in [5, 5.41) is 0.621. The van der Waals surface area contributed by atoms with Crippen molar-refractivity contribution in [3.63, 3.8) is 0 Å². The van der Waals surface area contributed by atoms with E-state index in [0.717, 1.165) is 12.1 Å². The molecule has 0 amide bonds. The highest BCUT2D eigenvalue weighted by molar-refractivity contribution is 7.86. The van der Waals surface area contributed by atoms with Crippen LogP contribution in [0.3, 0.4) is 0 Å². The van der Waals surface area contributed by atoms with Crippen molar-refractivity contribution in [2.75, 3.05) is 21.3 Å². The van der Waals surface area contributed by atoms with Crippen LogP contribution >= 0.6 is 11.6 Å². The van der Waals surface area contributed by atoms with E-state index in [1.807, 2.05) is 0 Å². The van der Waals surface area contributed by atoms with Crippen molar-refractivity contribution < 1.29 is 31.6 Å². The van der Waals surface area contributed by atoms with Crippen molar-refractivity contribution in [1.29, 1.82) is 0 Å². The molecule has 1 heterocycles. The number of hydrogen-bond acceptors (Lipinski definition) is 7. The standard InChI is InChI=1S/C18H15ClO8S/c1-24-16-11(7-15(28(21,22)23)17(25-2)18(16)26-3)14-8-12(20)10-6-9(19)4-5-13(10)27-14/h4-8H,1-3H3,(H,21,22,23). The maximum Gasteiger partial charge on any atom is 0.298 e. The van der Waals surface area contributed by atoms with Crippen molar-refractivity contribution in [1.82, 2.24) is 0 Å². The number of halogens is 1. The summed E-state index contributed by atoms with van der Waals surface area (Å²) < 4.78 is 54.7. The second-order valence-electron chi connectivity index (χ2n) is 5.61. The van der Waals surface area contributed by atoms with Gasteiger partial charge in [-0.05, 0) is 24.3 Å². The second kappa shape index (κ2) is 7.34. The van der Waals surface area contributed by atoms with Gasteiger partial charge in [0, 0.05) is 11.1 Å². The molecule has 10 heteroatoms. The summed E-state index contributed by atoms with van der Waals surface area (Å²) in [5.74, 6) is -0.278. The Bertz CT molecular complexity index is 1230. The lowest BCUT2D eigenvalue weighted by atomic mass is 10.1. The summed E-state index contributed by atoms with van der Waals surface area (Å²) in [6.45, 7) is 0. The molecule has 0 aliphatic heterocycles. The van der Waals surface area contributed by atoms with Crippen LogP contribution < -0.4 is 19.6 Å². The zero-order chi connectivity index (χ0) is 20.6. The Balaban J connectivity index is 2.43. The van der Waals surface area contributed by atoms with Crippen molar-refractivity contribution in [3.8, 4) is 28.6 Å². The zero-order valence-corrected chi connectivity index (χ0v) is 16.6. The van der Waals surface area contributed by atoms with Gasteiger partial charge in [0.2, 0.25) is 5.75 Å². The van der Waals surface area contributed by atoms with Crippen LogP contribution in [0.4, 0.5) is 0 Å². The molecule has 0 saturated heterocycles. The third kappa shape index (κ3) is 3.39. The van der Waals surface area contributed by atoms with Gasteiger partial charge in [0.1, 0.15) is 16.2 Å². The van der Waals surface area contributed by atoms with Crippen LogP contribution in [0.15, 0.2) is 44.4 Å². The Morgan fingerprint density at radius 3 is 2.18 bits per heavy atom. The molecule has 2 aromatic carbocycles. The molecule has 1 N–H and O–H groups in total. The molecule has 0 atom stereocenters. The average Bonchev–Trinajstić information content (AvgIpc) is 2.65. The lowest BCUT2D eigenvalue weighted by molar-refractivity contribution is 0.318. The SMILES string of the molecule is COc1c(-c2cc(=O)c3cc(Cl)ccc3o2)cc(S(=O)(=O)O)c(OC)c1OC. The molecule has 1 aromatic heterocycles. The van der Waals surface area contributed by atoms with Crippen LogP contribution in [0, 0.1) is 0 Å². The highest BCUT2D eigenvalue weighted by Crippen LogP contribution is 2.48. The minimum atomic E-state index is -4.69. The van der Waals surface area contributed by atoms with E-state index in [-0.39, 0.29) is 39.5 Å². The van der Waals surface area contributed by atoms with E-state index in [9.17, 15) is 17.8 Å². The molecule has 0 radical (unpaired) electrons. The van der Waals surface area contributed by atoms with Gasteiger partial charge in [0.25, 0.3) is 10.1 Å². The van der Waals surface area contributed by atoms with Gasteiger partial charge in [-0.1, -0.05) is 11.6 Å². The molecule has 3 aromatic rings. The number of methoxy groups -OCH3 is 3. The van der Waals surface area contributed by atoms with E-state index in [2.05, 4.69) is 0 Å². The second-order valence-corrected chi connectivity index (χ2v) is 7.44. The number of fused-ring (bicyclic) bond motifs is 1. The maximum absolute atomic E-state index is 12.5. The van der Waals surface area contributed by atoms with Crippen molar-refractivity contribution in [2.24, 2.45) is 0 Å². The largest absolute Gasteiger partial charge is 0.492 e. The highest BCUT2D eigenvalue weighted by atomic mass is 35.5. The molecule has 148 valence electrons. The van der Waals surface area contributed by atoms with E-state index >= 15 is 0 Å². The zero-order valence-electron chi connectivity index (χ0n) is 15.0. The lowest BCUT2D eigenvalue weighted by Crippen LogP contribution is -2.07.